The molecular weight excluding hydrogens is 1080 g/mol. The molecule has 0 aliphatic heterocycles. The Morgan fingerprint density at radius 2 is 0.733 bits per heavy atom. The molecule has 17 rings (SSSR count). The van der Waals surface area contributed by atoms with Gasteiger partial charge in [-0.05, 0) is 218 Å². The predicted octanol–water partition coefficient (Wildman–Crippen LogP) is 24.1. The van der Waals surface area contributed by atoms with Gasteiger partial charge in [-0.25, -0.2) is 0 Å². The van der Waals surface area contributed by atoms with Crippen molar-refractivity contribution < 1.29 is 0 Å². The van der Waals surface area contributed by atoms with Gasteiger partial charge in [0.25, 0.3) is 0 Å². The molecule has 0 spiro atoms. The largest absolute Gasteiger partial charge is 0.311 e. The summed E-state index contributed by atoms with van der Waals surface area (Å²) in [6, 6.07) is 109. The van der Waals surface area contributed by atoms with Crippen molar-refractivity contribution in [3.63, 3.8) is 0 Å². The highest BCUT2D eigenvalue weighted by molar-refractivity contribution is 6.23. The molecule has 428 valence electrons. The standard InChI is InChI=1S/C88H66N2/c1-87(2)81-29-17-15-27-73(81)75-47-39-63(53-83(75)87)59-35-41-69(42-36-59)89(67-23-7-5-8-24-67)71-45-49-77-79(55-71)85(65-33-31-57-19-11-13-21-61(57)51-65)78-50-46-72(56-80(78)86(77)66-34-32-58-20-12-14-22-62(58)52-66)90(68-25-9-6-10-26-68)70-43-37-60(38-44-70)64-40-48-76-74-28-16-18-30-82(74)88(3,4)84(76)54-64/h5-37,39-56,60H,38H2,1-4H3. The second-order valence-corrected chi connectivity index (χ2v) is 26.0. The topological polar surface area (TPSA) is 6.48 Å². The Morgan fingerprint density at radius 3 is 1.29 bits per heavy atom. The molecule has 0 saturated carbocycles. The molecule has 14 aromatic rings. The molecule has 2 heteroatoms. The van der Waals surface area contributed by atoms with Gasteiger partial charge < -0.3 is 9.80 Å². The third kappa shape index (κ3) is 8.68. The van der Waals surface area contributed by atoms with Gasteiger partial charge in [0.15, 0.2) is 0 Å². The Bertz CT molecular complexity index is 5280. The fourth-order valence-electron chi connectivity index (χ4n) is 15.5. The third-order valence-corrected chi connectivity index (χ3v) is 20.1. The van der Waals surface area contributed by atoms with E-state index in [9.17, 15) is 0 Å². The molecule has 0 fully saturated rings. The van der Waals surface area contributed by atoms with Gasteiger partial charge in [0, 0.05) is 50.9 Å². The summed E-state index contributed by atoms with van der Waals surface area (Å²) in [7, 11) is 0. The predicted molar refractivity (Wildman–Crippen MR) is 382 cm³/mol. The number of hydrogen-bond acceptors (Lipinski definition) is 2. The van der Waals surface area contributed by atoms with Gasteiger partial charge in [-0.3, -0.25) is 0 Å². The number of allylic oxidation sites excluding steroid dienone is 3. The molecule has 0 heterocycles. The lowest BCUT2D eigenvalue weighted by atomic mass is 9.80. The summed E-state index contributed by atoms with van der Waals surface area (Å²) in [5, 5.41) is 9.64. The van der Waals surface area contributed by atoms with E-state index in [-0.39, 0.29) is 16.7 Å². The maximum Gasteiger partial charge on any atom is 0.0468 e. The maximum atomic E-state index is 2.49. The Labute approximate surface area is 527 Å². The van der Waals surface area contributed by atoms with E-state index in [0.29, 0.717) is 0 Å². The minimum atomic E-state index is -0.0795. The van der Waals surface area contributed by atoms with Gasteiger partial charge in [0.05, 0.1) is 0 Å². The van der Waals surface area contributed by atoms with Crippen LogP contribution in [0.15, 0.2) is 315 Å². The van der Waals surface area contributed by atoms with Crippen molar-refractivity contribution in [2.45, 2.75) is 50.9 Å². The van der Waals surface area contributed by atoms with Crippen molar-refractivity contribution >= 4 is 71.5 Å². The normalized spacial score (nSPS) is 14.9. The molecular formula is C88H66N2. The third-order valence-electron chi connectivity index (χ3n) is 20.1. The zero-order valence-corrected chi connectivity index (χ0v) is 51.1. The van der Waals surface area contributed by atoms with Crippen molar-refractivity contribution in [1.82, 2.24) is 0 Å². The lowest BCUT2D eigenvalue weighted by Crippen LogP contribution is -2.18. The lowest BCUT2D eigenvalue weighted by Gasteiger charge is -2.30. The van der Waals surface area contributed by atoms with Crippen molar-refractivity contribution in [3.8, 4) is 55.6 Å². The van der Waals surface area contributed by atoms with E-state index >= 15 is 0 Å². The van der Waals surface area contributed by atoms with Gasteiger partial charge in [0.1, 0.15) is 0 Å². The number of rotatable bonds is 10. The van der Waals surface area contributed by atoms with E-state index in [1.807, 2.05) is 0 Å². The van der Waals surface area contributed by atoms with Gasteiger partial charge in [-0.15, -0.1) is 0 Å². The first-order valence-corrected chi connectivity index (χ1v) is 31.8. The number of benzene rings is 14. The number of fused-ring (bicyclic) bond motifs is 10. The second kappa shape index (κ2) is 20.9. The highest BCUT2D eigenvalue weighted by atomic mass is 15.1. The Morgan fingerprint density at radius 1 is 0.300 bits per heavy atom. The van der Waals surface area contributed by atoms with E-state index in [4.69, 9.17) is 0 Å². The summed E-state index contributed by atoms with van der Waals surface area (Å²) in [4.78, 5) is 4.89. The van der Waals surface area contributed by atoms with Gasteiger partial charge in [-0.1, -0.05) is 252 Å². The zero-order chi connectivity index (χ0) is 60.2. The van der Waals surface area contributed by atoms with Crippen molar-refractivity contribution in [3.05, 3.63) is 343 Å². The Balaban J connectivity index is 0.834. The summed E-state index contributed by atoms with van der Waals surface area (Å²) in [6.45, 7) is 9.48. The first kappa shape index (κ1) is 53.4. The lowest BCUT2D eigenvalue weighted by molar-refractivity contribution is 0.658. The Hall–Kier alpha value is -10.8. The maximum absolute atomic E-state index is 2.49. The zero-order valence-electron chi connectivity index (χ0n) is 51.1. The van der Waals surface area contributed by atoms with E-state index < -0.39 is 0 Å². The quantitative estimate of drug-likeness (QED) is 0.126. The molecule has 0 saturated heterocycles. The van der Waals surface area contributed by atoms with Crippen LogP contribution >= 0.6 is 0 Å². The summed E-state index contributed by atoms with van der Waals surface area (Å²) < 4.78 is 0. The van der Waals surface area contributed by atoms with Gasteiger partial charge in [0.2, 0.25) is 0 Å². The van der Waals surface area contributed by atoms with Crippen molar-refractivity contribution in [2.75, 3.05) is 9.80 Å². The van der Waals surface area contributed by atoms with Crippen LogP contribution in [0.1, 0.15) is 67.9 Å². The van der Waals surface area contributed by atoms with Crippen LogP contribution in [-0.2, 0) is 10.8 Å². The number of para-hydroxylation sites is 2. The molecule has 3 aliphatic rings. The molecule has 0 N–H and O–H groups in total. The van der Waals surface area contributed by atoms with Crippen molar-refractivity contribution in [2.24, 2.45) is 0 Å². The van der Waals surface area contributed by atoms with Crippen molar-refractivity contribution in [1.29, 1.82) is 0 Å². The highest BCUT2D eigenvalue weighted by Crippen LogP contribution is 2.53. The minimum Gasteiger partial charge on any atom is -0.311 e. The van der Waals surface area contributed by atoms with Crippen LogP contribution in [0.5, 0.6) is 0 Å². The first-order valence-electron chi connectivity index (χ1n) is 31.8. The molecule has 1 atom stereocenters. The molecule has 0 bridgehead atoms. The van der Waals surface area contributed by atoms with Crippen LogP contribution < -0.4 is 9.80 Å². The number of hydrogen-bond donors (Lipinski definition) is 0. The molecule has 14 aromatic carbocycles. The fraction of sp³-hybridized carbons (Fsp3) is 0.0909. The second-order valence-electron chi connectivity index (χ2n) is 26.0. The van der Waals surface area contributed by atoms with Crippen LogP contribution in [0.4, 0.5) is 28.4 Å². The van der Waals surface area contributed by atoms with E-state index in [2.05, 4.69) is 347 Å². The molecule has 3 aliphatic carbocycles. The summed E-state index contributed by atoms with van der Waals surface area (Å²) in [5.74, 6) is 0.257. The highest BCUT2D eigenvalue weighted by Gasteiger charge is 2.37. The van der Waals surface area contributed by atoms with E-state index in [1.54, 1.807) is 0 Å². The molecule has 1 unspecified atom stereocenters. The molecule has 2 nitrogen and oxygen atoms in total. The average molecular weight is 1150 g/mol. The Kier molecular flexibility index (Phi) is 12.4. The smallest absolute Gasteiger partial charge is 0.0468 e. The summed E-state index contributed by atoms with van der Waals surface area (Å²) in [6.07, 6.45) is 8.15. The van der Waals surface area contributed by atoms with Gasteiger partial charge >= 0.3 is 0 Å². The van der Waals surface area contributed by atoms with Crippen LogP contribution in [0.2, 0.25) is 0 Å². The van der Waals surface area contributed by atoms with Gasteiger partial charge in [-0.2, -0.15) is 0 Å². The van der Waals surface area contributed by atoms with Crippen LogP contribution in [0.3, 0.4) is 0 Å². The van der Waals surface area contributed by atoms with E-state index in [0.717, 1.165) is 40.6 Å². The molecule has 0 radical (unpaired) electrons. The minimum absolute atomic E-state index is 0.0541. The average Bonchev–Trinajstić information content (AvgIpc) is 1.37. The molecule has 0 amide bonds. The summed E-state index contributed by atoms with van der Waals surface area (Å²) >= 11 is 0. The number of anilines is 5. The molecule has 0 aromatic heterocycles. The van der Waals surface area contributed by atoms with E-state index in [1.165, 1.54) is 127 Å². The van der Waals surface area contributed by atoms with Crippen LogP contribution in [0, 0.1) is 0 Å². The fourth-order valence-corrected chi connectivity index (χ4v) is 15.5. The summed E-state index contributed by atoms with van der Waals surface area (Å²) in [5.41, 5.74) is 26.1. The molecule has 90 heavy (non-hydrogen) atoms. The first-order chi connectivity index (χ1) is 44.1. The SMILES string of the molecule is CC1(C)c2ccccc2-c2ccc(-c3ccc(N(c4ccccc4)c4ccc5c(-c6ccc7ccccc7c6)c6cc(N(C7=CCC(c8ccc9c(c8)C(C)(C)c8ccccc8-9)C=C7)c7ccccc7)ccc6c(-c6ccc7ccccc7c6)c5c4)cc3)cc21. The van der Waals surface area contributed by atoms with Crippen LogP contribution in [0.25, 0.3) is 98.7 Å². The monoisotopic (exact) mass is 1150 g/mol. The number of nitrogens with zero attached hydrogens (tertiary/aromatic N) is 2. The van der Waals surface area contributed by atoms with Crippen LogP contribution in [-0.4, -0.2) is 0 Å².